The second-order valence-electron chi connectivity index (χ2n) is 5.41. The van der Waals surface area contributed by atoms with E-state index in [2.05, 4.69) is 0 Å². The van der Waals surface area contributed by atoms with Crippen LogP contribution in [-0.2, 0) is 22.0 Å². The quantitative estimate of drug-likeness (QED) is 0.630. The summed E-state index contributed by atoms with van der Waals surface area (Å²) in [6.45, 7) is 5.93. The third kappa shape index (κ3) is 3.76. The van der Waals surface area contributed by atoms with E-state index in [1.165, 1.54) is 13.2 Å². The highest BCUT2D eigenvalue weighted by atomic mass is 32.2. The van der Waals surface area contributed by atoms with Crippen LogP contribution >= 0.6 is 0 Å². The van der Waals surface area contributed by atoms with Crippen molar-refractivity contribution in [2.24, 2.45) is 0 Å². The Morgan fingerprint density at radius 2 is 1.95 bits per heavy atom. The summed E-state index contributed by atoms with van der Waals surface area (Å²) in [5.74, 6) is 0.446. The van der Waals surface area contributed by atoms with Gasteiger partial charge in [0.15, 0.2) is 0 Å². The van der Waals surface area contributed by atoms with Crippen molar-refractivity contribution < 1.29 is 13.9 Å². The molecule has 1 aromatic rings. The third-order valence-electron chi connectivity index (χ3n) is 2.77. The fraction of sp³-hybridized carbons (Fsp3) is 0.538. The summed E-state index contributed by atoms with van der Waals surface area (Å²) < 4.78 is 16.5. The van der Waals surface area contributed by atoms with Crippen molar-refractivity contribution in [2.45, 2.75) is 31.9 Å². The topological polar surface area (TPSA) is 69.4 Å². The van der Waals surface area contributed by atoms with Gasteiger partial charge in [0, 0.05) is 28.7 Å². The molecule has 106 valence electrons. The van der Waals surface area contributed by atoms with Crippen molar-refractivity contribution in [2.75, 3.05) is 13.4 Å². The summed E-state index contributed by atoms with van der Waals surface area (Å²) >= 11 is 0. The molecule has 1 aromatic carbocycles. The Kier molecular flexibility index (Phi) is 4.68. The SMILES string of the molecule is COc1c(CS(C)=O)cc(C(C)(C)C)cc1[N+](=O)[O-]. The van der Waals surface area contributed by atoms with Crippen LogP contribution in [0.25, 0.3) is 0 Å². The average Bonchev–Trinajstić information content (AvgIpc) is 2.25. The van der Waals surface area contributed by atoms with Crippen molar-refractivity contribution in [3.8, 4) is 5.75 Å². The van der Waals surface area contributed by atoms with Gasteiger partial charge in [0.05, 0.1) is 17.8 Å². The molecule has 0 saturated heterocycles. The lowest BCUT2D eigenvalue weighted by atomic mass is 9.85. The zero-order valence-corrected chi connectivity index (χ0v) is 12.7. The van der Waals surface area contributed by atoms with E-state index in [0.717, 1.165) is 5.56 Å². The first-order valence-electron chi connectivity index (χ1n) is 5.82. The van der Waals surface area contributed by atoms with Crippen molar-refractivity contribution in [1.29, 1.82) is 0 Å². The maximum Gasteiger partial charge on any atom is 0.311 e. The molecule has 0 saturated carbocycles. The molecule has 0 aliphatic rings. The number of benzene rings is 1. The molecule has 5 nitrogen and oxygen atoms in total. The van der Waals surface area contributed by atoms with Crippen LogP contribution in [0.5, 0.6) is 5.75 Å². The number of ether oxygens (including phenoxy) is 1. The number of hydrogen-bond donors (Lipinski definition) is 0. The summed E-state index contributed by atoms with van der Waals surface area (Å²) in [7, 11) is 0.302. The predicted octanol–water partition coefficient (Wildman–Crippen LogP) is 2.78. The van der Waals surface area contributed by atoms with Gasteiger partial charge in [-0.15, -0.1) is 0 Å². The van der Waals surface area contributed by atoms with Gasteiger partial charge in [0.2, 0.25) is 5.75 Å². The number of rotatable bonds is 4. The minimum absolute atomic E-state index is 0.0737. The van der Waals surface area contributed by atoms with Gasteiger partial charge in [-0.2, -0.15) is 0 Å². The highest BCUT2D eigenvalue weighted by Crippen LogP contribution is 2.37. The summed E-state index contributed by atoms with van der Waals surface area (Å²) in [6.07, 6.45) is 1.56. The molecule has 0 aliphatic carbocycles. The summed E-state index contributed by atoms with van der Waals surface area (Å²) in [4.78, 5) is 10.7. The molecule has 0 radical (unpaired) electrons. The Morgan fingerprint density at radius 3 is 2.32 bits per heavy atom. The van der Waals surface area contributed by atoms with Crippen molar-refractivity contribution >= 4 is 16.5 Å². The molecule has 1 rings (SSSR count). The molecule has 19 heavy (non-hydrogen) atoms. The Morgan fingerprint density at radius 1 is 1.37 bits per heavy atom. The van der Waals surface area contributed by atoms with Gasteiger partial charge in [-0.3, -0.25) is 14.3 Å². The molecule has 0 aromatic heterocycles. The summed E-state index contributed by atoms with van der Waals surface area (Å²) in [5.41, 5.74) is 1.15. The lowest BCUT2D eigenvalue weighted by Gasteiger charge is -2.21. The molecule has 0 spiro atoms. The van der Waals surface area contributed by atoms with E-state index in [0.29, 0.717) is 5.56 Å². The van der Waals surface area contributed by atoms with Gasteiger partial charge in [-0.1, -0.05) is 26.8 Å². The minimum atomic E-state index is -1.09. The zero-order valence-electron chi connectivity index (χ0n) is 11.9. The number of nitrogens with zero attached hydrogens (tertiary/aromatic N) is 1. The minimum Gasteiger partial charge on any atom is -0.490 e. The van der Waals surface area contributed by atoms with Crippen molar-refractivity contribution in [3.05, 3.63) is 33.4 Å². The fourth-order valence-corrected chi connectivity index (χ4v) is 2.46. The monoisotopic (exact) mass is 285 g/mol. The molecule has 1 atom stereocenters. The van der Waals surface area contributed by atoms with E-state index in [1.807, 2.05) is 26.8 Å². The largest absolute Gasteiger partial charge is 0.490 e. The van der Waals surface area contributed by atoms with E-state index in [1.54, 1.807) is 6.26 Å². The van der Waals surface area contributed by atoms with Crippen LogP contribution in [0.1, 0.15) is 31.9 Å². The van der Waals surface area contributed by atoms with Crippen LogP contribution in [0.2, 0.25) is 0 Å². The number of methoxy groups -OCH3 is 1. The second kappa shape index (κ2) is 5.69. The van der Waals surface area contributed by atoms with Crippen LogP contribution < -0.4 is 4.74 Å². The van der Waals surface area contributed by atoms with Crippen LogP contribution in [-0.4, -0.2) is 22.5 Å². The smallest absolute Gasteiger partial charge is 0.311 e. The lowest BCUT2D eigenvalue weighted by Crippen LogP contribution is -2.13. The number of nitro groups is 1. The molecule has 0 bridgehead atoms. The first-order valence-corrected chi connectivity index (χ1v) is 7.55. The van der Waals surface area contributed by atoms with Crippen LogP contribution in [0.4, 0.5) is 5.69 Å². The van der Waals surface area contributed by atoms with Crippen molar-refractivity contribution in [1.82, 2.24) is 0 Å². The molecule has 1 unspecified atom stereocenters. The Hall–Kier alpha value is -1.43. The third-order valence-corrected chi connectivity index (χ3v) is 3.49. The van der Waals surface area contributed by atoms with E-state index in [9.17, 15) is 14.3 Å². The number of nitro benzene ring substituents is 1. The van der Waals surface area contributed by atoms with Crippen LogP contribution in [0, 0.1) is 10.1 Å². The van der Waals surface area contributed by atoms with E-state index >= 15 is 0 Å². The molecule has 0 aliphatic heterocycles. The van der Waals surface area contributed by atoms with E-state index in [4.69, 9.17) is 4.74 Å². The molecule has 6 heteroatoms. The molecule has 0 heterocycles. The predicted molar refractivity (Wildman–Crippen MR) is 76.1 cm³/mol. The van der Waals surface area contributed by atoms with Gasteiger partial charge in [0.1, 0.15) is 0 Å². The Labute approximate surface area is 115 Å². The molecule has 0 fully saturated rings. The van der Waals surface area contributed by atoms with Gasteiger partial charge < -0.3 is 4.74 Å². The van der Waals surface area contributed by atoms with Gasteiger partial charge in [-0.25, -0.2) is 0 Å². The molecule has 0 amide bonds. The fourth-order valence-electron chi connectivity index (χ4n) is 1.80. The van der Waals surface area contributed by atoms with Crippen LogP contribution in [0.15, 0.2) is 12.1 Å². The van der Waals surface area contributed by atoms with Crippen molar-refractivity contribution in [3.63, 3.8) is 0 Å². The average molecular weight is 285 g/mol. The van der Waals surface area contributed by atoms with E-state index in [-0.39, 0.29) is 22.6 Å². The maximum atomic E-state index is 11.4. The van der Waals surface area contributed by atoms with Gasteiger partial charge >= 0.3 is 5.69 Å². The summed E-state index contributed by atoms with van der Waals surface area (Å²) in [6, 6.07) is 3.37. The van der Waals surface area contributed by atoms with E-state index < -0.39 is 15.7 Å². The standard InChI is InChI=1S/C13H19NO4S/c1-13(2,3)10-6-9(8-19(5)17)12(18-4)11(7-10)14(15)16/h6-7H,8H2,1-5H3. The summed E-state index contributed by atoms with van der Waals surface area (Å²) in [5, 5.41) is 11.1. The molecule has 0 N–H and O–H groups in total. The Balaban J connectivity index is 3.54. The highest BCUT2D eigenvalue weighted by Gasteiger charge is 2.25. The first kappa shape index (κ1) is 15.6. The molecular formula is C13H19NO4S. The number of hydrogen-bond acceptors (Lipinski definition) is 4. The highest BCUT2D eigenvalue weighted by molar-refractivity contribution is 7.83. The van der Waals surface area contributed by atoms with Crippen LogP contribution in [0.3, 0.4) is 0 Å². The zero-order chi connectivity index (χ0) is 14.8. The first-order chi connectivity index (χ1) is 8.66. The molecular weight excluding hydrogens is 266 g/mol. The lowest BCUT2D eigenvalue weighted by molar-refractivity contribution is -0.385. The maximum absolute atomic E-state index is 11.4. The normalized spacial score (nSPS) is 13.1. The van der Waals surface area contributed by atoms with Gasteiger partial charge in [-0.05, 0) is 11.0 Å². The van der Waals surface area contributed by atoms with Gasteiger partial charge in [0.25, 0.3) is 0 Å². The Bertz CT molecular complexity index is 520. The second-order valence-corrected chi connectivity index (χ2v) is 6.85.